The molecule has 0 saturated heterocycles. The Hall–Kier alpha value is -2.24. The standard InChI is InChI=1S/C16H14Cl2N2O3/c1-22-13-5-2-11(3-6-13)9-19-20-16(21)10-23-15-8-12(17)4-7-14(15)18/h2-9H,10H2,1H3,(H,20,21). The van der Waals surface area contributed by atoms with Gasteiger partial charge in [-0.25, -0.2) is 5.43 Å². The third kappa shape index (κ3) is 5.47. The van der Waals surface area contributed by atoms with Crippen LogP contribution in [0, 0.1) is 0 Å². The average molecular weight is 353 g/mol. The molecule has 23 heavy (non-hydrogen) atoms. The Morgan fingerprint density at radius 2 is 1.96 bits per heavy atom. The average Bonchev–Trinajstić information content (AvgIpc) is 2.56. The van der Waals surface area contributed by atoms with Crippen LogP contribution in [0.25, 0.3) is 0 Å². The molecule has 0 atom stereocenters. The van der Waals surface area contributed by atoms with Crippen molar-refractivity contribution in [3.8, 4) is 11.5 Å². The number of nitrogens with one attached hydrogen (secondary N) is 1. The Morgan fingerprint density at radius 1 is 1.22 bits per heavy atom. The molecule has 7 heteroatoms. The molecule has 2 rings (SSSR count). The van der Waals surface area contributed by atoms with Crippen LogP contribution in [-0.2, 0) is 4.79 Å². The van der Waals surface area contributed by atoms with Crippen LogP contribution in [0.3, 0.4) is 0 Å². The van der Waals surface area contributed by atoms with Crippen molar-refractivity contribution in [2.45, 2.75) is 0 Å². The van der Waals surface area contributed by atoms with Crippen LogP contribution in [0.15, 0.2) is 47.6 Å². The van der Waals surface area contributed by atoms with E-state index in [1.807, 2.05) is 12.1 Å². The summed E-state index contributed by atoms with van der Waals surface area (Å²) in [5, 5.41) is 4.70. The third-order valence-corrected chi connectivity index (χ3v) is 3.32. The summed E-state index contributed by atoms with van der Waals surface area (Å²) < 4.78 is 10.3. The van der Waals surface area contributed by atoms with Gasteiger partial charge in [-0.1, -0.05) is 23.2 Å². The summed E-state index contributed by atoms with van der Waals surface area (Å²) in [7, 11) is 1.59. The van der Waals surface area contributed by atoms with Gasteiger partial charge in [-0.2, -0.15) is 5.10 Å². The summed E-state index contributed by atoms with van der Waals surface area (Å²) in [6.07, 6.45) is 1.52. The second-order valence-corrected chi connectivity index (χ2v) is 5.27. The van der Waals surface area contributed by atoms with Crippen LogP contribution < -0.4 is 14.9 Å². The molecule has 1 amide bonds. The molecular formula is C16H14Cl2N2O3. The predicted molar refractivity (Wildman–Crippen MR) is 90.7 cm³/mol. The van der Waals surface area contributed by atoms with E-state index in [9.17, 15) is 4.79 Å². The highest BCUT2D eigenvalue weighted by Gasteiger charge is 2.06. The van der Waals surface area contributed by atoms with E-state index < -0.39 is 5.91 Å². The molecule has 0 aliphatic heterocycles. The highest BCUT2D eigenvalue weighted by Crippen LogP contribution is 2.27. The maximum absolute atomic E-state index is 11.7. The summed E-state index contributed by atoms with van der Waals surface area (Å²) in [6, 6.07) is 12.0. The minimum atomic E-state index is -0.411. The van der Waals surface area contributed by atoms with Crippen LogP contribution in [0.4, 0.5) is 0 Å². The normalized spacial score (nSPS) is 10.6. The van der Waals surface area contributed by atoms with E-state index in [-0.39, 0.29) is 6.61 Å². The summed E-state index contributed by atoms with van der Waals surface area (Å²) in [5.41, 5.74) is 3.19. The van der Waals surface area contributed by atoms with Crippen molar-refractivity contribution >= 4 is 35.3 Å². The van der Waals surface area contributed by atoms with Gasteiger partial charge in [0.05, 0.1) is 18.3 Å². The fraction of sp³-hybridized carbons (Fsp3) is 0.125. The molecule has 5 nitrogen and oxygen atoms in total. The zero-order valence-corrected chi connectivity index (χ0v) is 13.8. The van der Waals surface area contributed by atoms with Crippen molar-refractivity contribution in [3.63, 3.8) is 0 Å². The van der Waals surface area contributed by atoms with Gasteiger partial charge in [0.15, 0.2) is 6.61 Å². The van der Waals surface area contributed by atoms with E-state index in [0.717, 1.165) is 11.3 Å². The first-order valence-electron chi connectivity index (χ1n) is 6.62. The lowest BCUT2D eigenvalue weighted by atomic mass is 10.2. The van der Waals surface area contributed by atoms with Gasteiger partial charge in [-0.15, -0.1) is 0 Å². The van der Waals surface area contributed by atoms with Crippen LogP contribution in [0.5, 0.6) is 11.5 Å². The molecule has 0 fully saturated rings. The Bertz CT molecular complexity index is 703. The molecule has 0 aliphatic rings. The smallest absolute Gasteiger partial charge is 0.277 e. The first-order chi connectivity index (χ1) is 11.1. The van der Waals surface area contributed by atoms with Gasteiger partial charge in [0.1, 0.15) is 11.5 Å². The first-order valence-corrected chi connectivity index (χ1v) is 7.38. The number of amides is 1. The maximum Gasteiger partial charge on any atom is 0.277 e. The highest BCUT2D eigenvalue weighted by molar-refractivity contribution is 6.34. The predicted octanol–water partition coefficient (Wildman–Crippen LogP) is 3.53. The number of carbonyl (C=O) groups is 1. The minimum absolute atomic E-state index is 0.222. The van der Waals surface area contributed by atoms with Crippen LogP contribution in [-0.4, -0.2) is 25.8 Å². The van der Waals surface area contributed by atoms with Gasteiger partial charge in [-0.05, 0) is 42.0 Å². The maximum atomic E-state index is 11.7. The number of hydrazone groups is 1. The molecule has 0 aromatic heterocycles. The minimum Gasteiger partial charge on any atom is -0.497 e. The Kier molecular flexibility index (Phi) is 6.26. The van der Waals surface area contributed by atoms with E-state index in [1.54, 1.807) is 31.4 Å². The molecule has 0 radical (unpaired) electrons. The van der Waals surface area contributed by atoms with Gasteiger partial charge in [-0.3, -0.25) is 4.79 Å². The number of carbonyl (C=O) groups excluding carboxylic acids is 1. The Morgan fingerprint density at radius 3 is 2.65 bits per heavy atom. The van der Waals surface area contributed by atoms with E-state index in [2.05, 4.69) is 10.5 Å². The fourth-order valence-electron chi connectivity index (χ4n) is 1.63. The lowest BCUT2D eigenvalue weighted by Crippen LogP contribution is -2.24. The van der Waals surface area contributed by atoms with Crippen molar-refractivity contribution in [2.75, 3.05) is 13.7 Å². The highest BCUT2D eigenvalue weighted by atomic mass is 35.5. The topological polar surface area (TPSA) is 59.9 Å². The zero-order valence-electron chi connectivity index (χ0n) is 12.3. The molecular weight excluding hydrogens is 339 g/mol. The largest absolute Gasteiger partial charge is 0.497 e. The van der Waals surface area contributed by atoms with Crippen molar-refractivity contribution in [2.24, 2.45) is 5.10 Å². The summed E-state index contributed by atoms with van der Waals surface area (Å²) >= 11 is 11.8. The number of rotatable bonds is 6. The van der Waals surface area contributed by atoms with Crippen molar-refractivity contribution in [1.82, 2.24) is 5.43 Å². The van der Waals surface area contributed by atoms with Gasteiger partial charge < -0.3 is 9.47 Å². The van der Waals surface area contributed by atoms with Crippen molar-refractivity contribution in [3.05, 3.63) is 58.1 Å². The summed E-state index contributed by atoms with van der Waals surface area (Å²) in [6.45, 7) is -0.222. The molecule has 120 valence electrons. The van der Waals surface area contributed by atoms with Crippen LogP contribution in [0.2, 0.25) is 10.0 Å². The number of nitrogens with zero attached hydrogens (tertiary/aromatic N) is 1. The number of hydrogen-bond donors (Lipinski definition) is 1. The monoisotopic (exact) mass is 352 g/mol. The van der Waals surface area contributed by atoms with Gasteiger partial charge in [0.2, 0.25) is 0 Å². The molecule has 0 aliphatic carbocycles. The van der Waals surface area contributed by atoms with Crippen molar-refractivity contribution < 1.29 is 14.3 Å². The number of benzene rings is 2. The Labute approximate surface area is 143 Å². The van der Waals surface area contributed by atoms with E-state index in [4.69, 9.17) is 32.7 Å². The number of hydrogen-bond acceptors (Lipinski definition) is 4. The third-order valence-electron chi connectivity index (χ3n) is 2.77. The van der Waals surface area contributed by atoms with Crippen molar-refractivity contribution in [1.29, 1.82) is 0 Å². The molecule has 0 bridgehead atoms. The molecule has 2 aromatic carbocycles. The second kappa shape index (κ2) is 8.41. The lowest BCUT2D eigenvalue weighted by Gasteiger charge is -2.07. The van der Waals surface area contributed by atoms with E-state index in [0.29, 0.717) is 15.8 Å². The molecule has 0 unspecified atom stereocenters. The molecule has 0 saturated carbocycles. The quantitative estimate of drug-likeness (QED) is 0.638. The number of ether oxygens (including phenoxy) is 2. The molecule has 0 spiro atoms. The number of methoxy groups -OCH3 is 1. The molecule has 1 N–H and O–H groups in total. The molecule has 2 aromatic rings. The Balaban J connectivity index is 1.82. The second-order valence-electron chi connectivity index (χ2n) is 4.43. The summed E-state index contributed by atoms with van der Waals surface area (Å²) in [4.78, 5) is 11.7. The fourth-order valence-corrected chi connectivity index (χ4v) is 1.97. The number of halogens is 2. The summed E-state index contributed by atoms with van der Waals surface area (Å²) in [5.74, 6) is 0.678. The molecule has 0 heterocycles. The van der Waals surface area contributed by atoms with E-state index >= 15 is 0 Å². The van der Waals surface area contributed by atoms with Crippen LogP contribution in [0.1, 0.15) is 5.56 Å². The van der Waals surface area contributed by atoms with Crippen LogP contribution >= 0.6 is 23.2 Å². The van der Waals surface area contributed by atoms with Gasteiger partial charge in [0, 0.05) is 11.1 Å². The first kappa shape index (κ1) is 17.1. The van der Waals surface area contributed by atoms with Gasteiger partial charge in [0.25, 0.3) is 5.91 Å². The van der Waals surface area contributed by atoms with E-state index in [1.165, 1.54) is 12.3 Å². The van der Waals surface area contributed by atoms with Gasteiger partial charge >= 0.3 is 0 Å². The SMILES string of the molecule is COc1ccc(C=NNC(=O)COc2cc(Cl)ccc2Cl)cc1. The lowest BCUT2D eigenvalue weighted by molar-refractivity contribution is -0.123. The zero-order chi connectivity index (χ0) is 16.7.